The molecule has 214 valence electrons. The van der Waals surface area contributed by atoms with Gasteiger partial charge in [0.25, 0.3) is 0 Å². The molecule has 4 rings (SSSR count). The van der Waals surface area contributed by atoms with Gasteiger partial charge in [-0.15, -0.1) is 11.3 Å². The molecule has 4 N–H and O–H groups in total. The van der Waals surface area contributed by atoms with Gasteiger partial charge in [0.15, 0.2) is 0 Å². The largest absolute Gasteiger partial charge is 0.487 e. The number of nitrogens with two attached hydrogens (primary N) is 1. The second-order valence-electron chi connectivity index (χ2n) is 9.08. The van der Waals surface area contributed by atoms with E-state index in [9.17, 15) is 12.8 Å². The van der Waals surface area contributed by atoms with Crippen LogP contribution < -0.4 is 21.1 Å². The third kappa shape index (κ3) is 8.86. The zero-order valence-electron chi connectivity index (χ0n) is 22.2. The van der Waals surface area contributed by atoms with Gasteiger partial charge < -0.3 is 21.1 Å². The van der Waals surface area contributed by atoms with Crippen LogP contribution in [-0.4, -0.2) is 37.7 Å². The van der Waals surface area contributed by atoms with Crippen molar-refractivity contribution in [3.63, 3.8) is 0 Å². The van der Waals surface area contributed by atoms with Crippen molar-refractivity contribution in [2.45, 2.75) is 13.2 Å². The Bertz CT molecular complexity index is 1660. The molecule has 1 aromatic heterocycles. The number of benzene rings is 2. The van der Waals surface area contributed by atoms with Gasteiger partial charge in [0.2, 0.25) is 0 Å². The topological polar surface area (TPSA) is 119 Å². The summed E-state index contributed by atoms with van der Waals surface area (Å²) in [4.78, 5) is 9.02. The summed E-state index contributed by atoms with van der Waals surface area (Å²) in [6.45, 7) is 4.69. The number of aliphatic imine (C=N–C) groups is 1. The number of hydrogen-bond acceptors (Lipinski definition) is 9. The van der Waals surface area contributed by atoms with Crippen molar-refractivity contribution >= 4 is 49.7 Å². The van der Waals surface area contributed by atoms with Gasteiger partial charge in [-0.3, -0.25) is 4.99 Å². The maximum atomic E-state index is 13.4. The molecule has 1 aliphatic rings. The molecular weight excluding hydrogens is 585 g/mol. The quantitative estimate of drug-likeness (QED) is 0.232. The lowest BCUT2D eigenvalue weighted by Crippen LogP contribution is -2.21. The van der Waals surface area contributed by atoms with E-state index in [4.69, 9.17) is 22.1 Å². The van der Waals surface area contributed by atoms with Gasteiger partial charge in [0.1, 0.15) is 38.8 Å². The molecule has 3 aromatic rings. The molecule has 0 fully saturated rings. The van der Waals surface area contributed by atoms with E-state index < -0.39 is 9.84 Å². The van der Waals surface area contributed by atoms with Crippen molar-refractivity contribution in [1.29, 1.82) is 0 Å². The molecule has 0 radical (unpaired) electrons. The van der Waals surface area contributed by atoms with Crippen molar-refractivity contribution in [3.8, 4) is 5.75 Å². The van der Waals surface area contributed by atoms with Crippen LogP contribution in [0, 0.1) is 5.82 Å². The number of hydrogen-bond donors (Lipinski definition) is 3. The van der Waals surface area contributed by atoms with E-state index in [1.807, 2.05) is 23.6 Å². The normalized spacial score (nSPS) is 15.5. The fourth-order valence-electron chi connectivity index (χ4n) is 3.81. The molecule has 0 aliphatic heterocycles. The van der Waals surface area contributed by atoms with Crippen LogP contribution in [-0.2, 0) is 23.0 Å². The zero-order valence-corrected chi connectivity index (χ0v) is 24.6. The number of nitrogens with zero attached hydrogens (tertiary/aromatic N) is 2. The highest BCUT2D eigenvalue weighted by atomic mass is 35.5. The molecule has 1 heterocycles. The molecule has 0 amide bonds. The van der Waals surface area contributed by atoms with Crippen LogP contribution in [0.15, 0.2) is 95.2 Å². The lowest BCUT2D eigenvalue weighted by atomic mass is 9.98. The van der Waals surface area contributed by atoms with Crippen LogP contribution in [0.3, 0.4) is 0 Å². The molecule has 0 atom stereocenters. The van der Waals surface area contributed by atoms with E-state index in [1.54, 1.807) is 30.3 Å². The van der Waals surface area contributed by atoms with Gasteiger partial charge in [-0.05, 0) is 48.0 Å². The van der Waals surface area contributed by atoms with Crippen LogP contribution in [0.5, 0.6) is 5.75 Å². The van der Waals surface area contributed by atoms with E-state index in [0.29, 0.717) is 52.2 Å². The van der Waals surface area contributed by atoms with Crippen LogP contribution in [0.25, 0.3) is 5.57 Å². The van der Waals surface area contributed by atoms with Crippen LogP contribution in [0.2, 0.25) is 5.02 Å². The Labute approximate surface area is 247 Å². The van der Waals surface area contributed by atoms with Crippen LogP contribution in [0.1, 0.15) is 16.3 Å². The van der Waals surface area contributed by atoms with Gasteiger partial charge in [0, 0.05) is 47.8 Å². The minimum absolute atomic E-state index is 0.0703. The number of aromatic nitrogens is 1. The highest BCUT2D eigenvalue weighted by Crippen LogP contribution is 2.30. The average molecular weight is 614 g/mol. The lowest BCUT2D eigenvalue weighted by Gasteiger charge is -2.16. The highest BCUT2D eigenvalue weighted by molar-refractivity contribution is 7.90. The number of anilines is 1. The summed E-state index contributed by atoms with van der Waals surface area (Å²) in [5, 5.41) is 9.41. The maximum absolute atomic E-state index is 13.4. The third-order valence-electron chi connectivity index (χ3n) is 5.78. The second-order valence-corrected chi connectivity index (χ2v) is 12.7. The predicted octanol–water partition coefficient (Wildman–Crippen LogP) is 5.47. The van der Waals surface area contributed by atoms with E-state index in [2.05, 4.69) is 27.2 Å². The number of sulfone groups is 1. The SMILES string of the molecule is C=C/N=C1/C=CC(c2csc(CNCCS(C)(=O)=O)n2)=C/C1=C(/N)Nc1ccc(OCc2cccc(F)c2)c(Cl)c1. The van der Waals surface area contributed by atoms with Crippen molar-refractivity contribution in [2.24, 2.45) is 10.7 Å². The number of allylic oxidation sites excluding steroid dienone is 5. The Hall–Kier alpha value is -3.77. The molecule has 1 aliphatic carbocycles. The molecule has 0 unspecified atom stereocenters. The molecule has 12 heteroatoms. The maximum Gasteiger partial charge on any atom is 0.148 e. The Morgan fingerprint density at radius 3 is 2.83 bits per heavy atom. The molecule has 0 saturated carbocycles. The first-order chi connectivity index (χ1) is 19.6. The Morgan fingerprint density at radius 1 is 1.27 bits per heavy atom. The molecule has 0 saturated heterocycles. The van der Waals surface area contributed by atoms with E-state index >= 15 is 0 Å². The van der Waals surface area contributed by atoms with Crippen molar-refractivity contribution in [1.82, 2.24) is 10.3 Å². The third-order valence-corrected chi connectivity index (χ3v) is 7.87. The summed E-state index contributed by atoms with van der Waals surface area (Å²) in [7, 11) is -3.02. The summed E-state index contributed by atoms with van der Waals surface area (Å²) in [6, 6.07) is 11.4. The number of ether oxygens (including phenoxy) is 1. The van der Waals surface area contributed by atoms with E-state index in [-0.39, 0.29) is 18.2 Å². The Balaban J connectivity index is 1.48. The van der Waals surface area contributed by atoms with Gasteiger partial charge >= 0.3 is 0 Å². The second kappa shape index (κ2) is 13.7. The first-order valence-corrected chi connectivity index (χ1v) is 15.8. The van der Waals surface area contributed by atoms with E-state index in [1.165, 1.54) is 35.9 Å². The number of thiazole rings is 1. The lowest BCUT2D eigenvalue weighted by molar-refractivity contribution is 0.306. The van der Waals surface area contributed by atoms with E-state index in [0.717, 1.165) is 16.3 Å². The van der Waals surface area contributed by atoms with Gasteiger partial charge in [-0.2, -0.15) is 0 Å². The number of nitrogens with one attached hydrogen (secondary N) is 2. The molecule has 2 aromatic carbocycles. The van der Waals surface area contributed by atoms with Crippen LogP contribution in [0.4, 0.5) is 10.1 Å². The van der Waals surface area contributed by atoms with Crippen molar-refractivity contribution < 1.29 is 17.5 Å². The van der Waals surface area contributed by atoms with Crippen molar-refractivity contribution in [3.05, 3.63) is 117 Å². The van der Waals surface area contributed by atoms with Gasteiger partial charge in [-0.25, -0.2) is 17.8 Å². The highest BCUT2D eigenvalue weighted by Gasteiger charge is 2.16. The zero-order chi connectivity index (χ0) is 29.4. The summed E-state index contributed by atoms with van der Waals surface area (Å²) in [5.41, 5.74) is 10.7. The summed E-state index contributed by atoms with van der Waals surface area (Å²) in [5.74, 6) is 0.536. The number of halogens is 2. The average Bonchev–Trinajstić information content (AvgIpc) is 3.39. The van der Waals surface area contributed by atoms with Gasteiger partial charge in [-0.1, -0.05) is 36.4 Å². The number of rotatable bonds is 12. The summed E-state index contributed by atoms with van der Waals surface area (Å²) >= 11 is 7.93. The fourth-order valence-corrected chi connectivity index (χ4v) is 5.33. The predicted molar refractivity (Wildman–Crippen MR) is 165 cm³/mol. The first-order valence-electron chi connectivity index (χ1n) is 12.5. The minimum atomic E-state index is -3.02. The first kappa shape index (κ1) is 30.2. The smallest absolute Gasteiger partial charge is 0.148 e. The van der Waals surface area contributed by atoms with Crippen molar-refractivity contribution in [2.75, 3.05) is 23.9 Å². The molecular formula is C29H29ClFN5O3S2. The molecule has 0 spiro atoms. The van der Waals surface area contributed by atoms with Gasteiger partial charge in [0.05, 0.1) is 22.2 Å². The molecule has 41 heavy (non-hydrogen) atoms. The Kier molecular flexibility index (Phi) is 10.1. The standard InChI is InChI=1S/C29H29ClFN5O3S2/c1-3-34-25-9-7-20(26-18-40-28(36-26)16-33-11-12-41(2,37)38)14-23(25)29(32)35-22-8-10-27(24(30)15-22)39-17-19-5-4-6-21(31)13-19/h3-10,13-15,18,33,35H,1,11-12,16-17,32H2,2H3/b29-23+,34-25-. The summed E-state index contributed by atoms with van der Waals surface area (Å²) in [6.07, 6.45) is 8.27. The summed E-state index contributed by atoms with van der Waals surface area (Å²) < 4.78 is 41.8. The minimum Gasteiger partial charge on any atom is -0.487 e. The fraction of sp³-hybridized carbons (Fsp3) is 0.172. The molecule has 0 bridgehead atoms. The molecule has 8 nitrogen and oxygen atoms in total. The Morgan fingerprint density at radius 2 is 2.10 bits per heavy atom. The monoisotopic (exact) mass is 613 g/mol. The van der Waals surface area contributed by atoms with Crippen LogP contribution >= 0.6 is 22.9 Å².